The Morgan fingerprint density at radius 3 is 2.60 bits per heavy atom. The molecule has 0 amide bonds. The van der Waals surface area contributed by atoms with Gasteiger partial charge >= 0.3 is 13.7 Å². The van der Waals surface area contributed by atoms with E-state index in [2.05, 4.69) is 20.0 Å². The topological polar surface area (TPSA) is 182 Å². The number of anilines is 1. The van der Waals surface area contributed by atoms with E-state index in [1.807, 2.05) is 20.8 Å². The van der Waals surface area contributed by atoms with Crippen molar-refractivity contribution >= 4 is 30.8 Å². The fourth-order valence-electron chi connectivity index (χ4n) is 4.41. The first-order chi connectivity index (χ1) is 21.0. The molecule has 0 saturated carbocycles. The molecule has 0 bridgehead atoms. The second-order valence-electron chi connectivity index (χ2n) is 12.0. The highest BCUT2D eigenvalue weighted by Gasteiger charge is 2.64. The number of halogens is 2. The normalized spacial score (nSPS) is 25.5. The minimum atomic E-state index is -4.57. The number of ether oxygens (including phenoxy) is 3. The van der Waals surface area contributed by atoms with Crippen molar-refractivity contribution in [2.45, 2.75) is 77.9 Å². The molecule has 0 spiro atoms. The average molecular weight is 657 g/mol. The Morgan fingerprint density at radius 2 is 1.96 bits per heavy atom. The van der Waals surface area contributed by atoms with Crippen LogP contribution in [0.4, 0.5) is 14.7 Å². The second kappa shape index (κ2) is 13.1. The maximum Gasteiger partial charge on any atom is 0.459 e. The van der Waals surface area contributed by atoms with Gasteiger partial charge in [0.05, 0.1) is 26.1 Å². The van der Waals surface area contributed by atoms with Gasteiger partial charge in [0.15, 0.2) is 22.9 Å². The van der Waals surface area contributed by atoms with Gasteiger partial charge in [-0.15, -0.1) is 0 Å². The minimum absolute atomic E-state index is 0.0669. The van der Waals surface area contributed by atoms with Crippen LogP contribution in [0.1, 0.15) is 41.5 Å². The summed E-state index contributed by atoms with van der Waals surface area (Å²) >= 11 is 0. The van der Waals surface area contributed by atoms with E-state index in [-0.39, 0.29) is 53.9 Å². The summed E-state index contributed by atoms with van der Waals surface area (Å²) in [6.45, 7) is 8.40. The molecule has 2 unspecified atom stereocenters. The molecule has 1 aromatic carbocycles. The van der Waals surface area contributed by atoms with Crippen LogP contribution in [-0.2, 0) is 29.9 Å². The van der Waals surface area contributed by atoms with Crippen LogP contribution in [0.15, 0.2) is 36.7 Å². The summed E-state index contributed by atoms with van der Waals surface area (Å²) in [4.78, 5) is 24.9. The minimum Gasteiger partial charge on any atom is -0.476 e. The number of nitrogens with one attached hydrogen (secondary N) is 1. The average Bonchev–Trinajstić information content (AvgIpc) is 3.43. The number of rotatable bonds is 13. The third-order valence-corrected chi connectivity index (χ3v) is 8.38. The van der Waals surface area contributed by atoms with E-state index in [1.165, 1.54) is 30.0 Å². The monoisotopic (exact) mass is 656 g/mol. The van der Waals surface area contributed by atoms with Crippen molar-refractivity contribution in [3.05, 3.63) is 36.7 Å². The van der Waals surface area contributed by atoms with E-state index >= 15 is 8.78 Å². The Morgan fingerprint density at radius 1 is 1.27 bits per heavy atom. The molecule has 0 radical (unpaired) electrons. The van der Waals surface area contributed by atoms with Gasteiger partial charge in [0, 0.05) is 0 Å². The van der Waals surface area contributed by atoms with Crippen molar-refractivity contribution in [1.82, 2.24) is 24.6 Å². The number of aromatic nitrogens is 4. The molecule has 2 aromatic heterocycles. The molecule has 4 rings (SSSR count). The lowest BCUT2D eigenvalue weighted by Crippen LogP contribution is -2.48. The molecular formula is C28H39F2N6O8P. The van der Waals surface area contributed by atoms with Gasteiger partial charge in [0.25, 0.3) is 5.85 Å². The van der Waals surface area contributed by atoms with E-state index in [0.717, 1.165) is 6.92 Å². The van der Waals surface area contributed by atoms with Crippen molar-refractivity contribution in [1.29, 1.82) is 0 Å². The van der Waals surface area contributed by atoms with Gasteiger partial charge in [-0.1, -0.05) is 39.0 Å². The van der Waals surface area contributed by atoms with Crippen molar-refractivity contribution < 1.29 is 46.5 Å². The Kier molecular flexibility index (Phi) is 10.0. The first kappa shape index (κ1) is 34.4. The molecule has 4 N–H and O–H groups in total. The number of imidazole rings is 1. The second-order valence-corrected chi connectivity index (χ2v) is 13.7. The van der Waals surface area contributed by atoms with Crippen LogP contribution >= 0.6 is 7.75 Å². The van der Waals surface area contributed by atoms with Crippen LogP contribution in [0.5, 0.6) is 11.6 Å². The number of aliphatic hydroxyl groups excluding tert-OH is 1. The number of esters is 1. The fourth-order valence-corrected chi connectivity index (χ4v) is 5.92. The first-order valence-corrected chi connectivity index (χ1v) is 15.8. The van der Waals surface area contributed by atoms with E-state index in [4.69, 9.17) is 29.0 Å². The quantitative estimate of drug-likeness (QED) is 0.179. The zero-order valence-electron chi connectivity index (χ0n) is 25.9. The van der Waals surface area contributed by atoms with Gasteiger partial charge in [-0.25, -0.2) is 18.3 Å². The van der Waals surface area contributed by atoms with Gasteiger partial charge < -0.3 is 34.1 Å². The van der Waals surface area contributed by atoms with E-state index in [0.29, 0.717) is 0 Å². The maximum atomic E-state index is 16.2. The van der Waals surface area contributed by atoms with Gasteiger partial charge in [0.2, 0.25) is 11.8 Å². The van der Waals surface area contributed by atoms with Crippen LogP contribution < -0.4 is 20.1 Å². The van der Waals surface area contributed by atoms with Crippen molar-refractivity contribution in [2.75, 3.05) is 25.6 Å². The number of fused-ring (bicyclic) bond motifs is 1. The van der Waals surface area contributed by atoms with Gasteiger partial charge in [0.1, 0.15) is 24.5 Å². The highest BCUT2D eigenvalue weighted by atomic mass is 31.2. The van der Waals surface area contributed by atoms with Crippen LogP contribution in [0.25, 0.3) is 11.2 Å². The first-order valence-electron chi connectivity index (χ1n) is 14.2. The molecule has 3 heterocycles. The summed E-state index contributed by atoms with van der Waals surface area (Å²) in [5.74, 6) is -3.91. The molecule has 6 atom stereocenters. The highest BCUT2D eigenvalue weighted by Crippen LogP contribution is 2.49. The van der Waals surface area contributed by atoms with Gasteiger partial charge in [-0.05, 0) is 38.3 Å². The molecule has 1 aliphatic rings. The summed E-state index contributed by atoms with van der Waals surface area (Å²) in [6.07, 6.45) is -2.69. The third-order valence-electron chi connectivity index (χ3n) is 6.76. The van der Waals surface area contributed by atoms with Crippen molar-refractivity contribution in [3.63, 3.8) is 0 Å². The summed E-state index contributed by atoms with van der Waals surface area (Å²) in [5.41, 5.74) is 3.20. The Hall–Kier alpha value is -3.43. The number of para-hydroxylation sites is 1. The zero-order chi connectivity index (χ0) is 33.2. The van der Waals surface area contributed by atoms with Crippen LogP contribution in [-0.4, -0.2) is 80.2 Å². The molecule has 248 valence electrons. The number of carbonyl (C=O) groups is 1. The Labute approximate surface area is 259 Å². The van der Waals surface area contributed by atoms with Crippen molar-refractivity contribution in [3.8, 4) is 11.6 Å². The summed E-state index contributed by atoms with van der Waals surface area (Å²) < 4.78 is 74.4. The highest BCUT2D eigenvalue weighted by molar-refractivity contribution is 7.52. The third kappa shape index (κ3) is 8.05. The van der Waals surface area contributed by atoms with Gasteiger partial charge in [-0.2, -0.15) is 15.1 Å². The molecule has 17 heteroatoms. The maximum absolute atomic E-state index is 16.2. The SMILES string of the molecule is CCOc1nc(N)nc2c1ncn2CC1O[C@](F)(COP(=O)(N[C@@H](C)C(=O)OCC(C)(C)C)Oc2ccccc2)[C@@H](O)[C@@]1(C)F. The smallest absolute Gasteiger partial charge is 0.459 e. The zero-order valence-corrected chi connectivity index (χ0v) is 26.8. The molecule has 1 saturated heterocycles. The number of hydrogen-bond donors (Lipinski definition) is 3. The number of nitrogens with zero attached hydrogens (tertiary/aromatic N) is 4. The Bertz CT molecular complexity index is 1540. The lowest BCUT2D eigenvalue weighted by atomic mass is 9.94. The van der Waals surface area contributed by atoms with E-state index < -0.39 is 50.1 Å². The van der Waals surface area contributed by atoms with Crippen LogP contribution in [0.2, 0.25) is 0 Å². The molecule has 14 nitrogen and oxygen atoms in total. The van der Waals surface area contributed by atoms with Crippen LogP contribution in [0, 0.1) is 5.41 Å². The number of nitrogen functional groups attached to an aromatic ring is 1. The van der Waals surface area contributed by atoms with E-state index in [9.17, 15) is 14.5 Å². The summed E-state index contributed by atoms with van der Waals surface area (Å²) in [6, 6.07) is 6.57. The fraction of sp³-hybridized carbons (Fsp3) is 0.571. The van der Waals surface area contributed by atoms with Crippen LogP contribution in [0.3, 0.4) is 0 Å². The molecule has 1 aliphatic heterocycles. The lowest BCUT2D eigenvalue weighted by Gasteiger charge is -2.28. The predicted octanol–water partition coefficient (Wildman–Crippen LogP) is 3.73. The molecule has 0 aliphatic carbocycles. The summed E-state index contributed by atoms with van der Waals surface area (Å²) in [7, 11) is -4.57. The number of nitrogens with two attached hydrogens (primary N) is 1. The standard InChI is InChI=1S/C28H39F2N6O8P/c1-7-40-22-20-21(33-25(31)34-22)36(16-32-20)13-19-27(6,29)24(38)28(30,43-19)15-42-45(39,44-18-11-9-8-10-12-18)35-17(2)23(37)41-14-26(3,4)5/h8-12,16-17,19,24,38H,7,13-15H2,1-6H3,(H,35,39)(H2,31,33,34)/t17-,19?,24-,27-,28+,45?/m0/s1. The molecule has 45 heavy (non-hydrogen) atoms. The number of alkyl halides is 2. The largest absolute Gasteiger partial charge is 0.476 e. The number of hydrogen-bond acceptors (Lipinski definition) is 12. The summed E-state index contributed by atoms with van der Waals surface area (Å²) in [5, 5.41) is 13.2. The molecular weight excluding hydrogens is 617 g/mol. The van der Waals surface area contributed by atoms with E-state index in [1.54, 1.807) is 25.1 Å². The predicted molar refractivity (Wildman–Crippen MR) is 159 cm³/mol. The van der Waals surface area contributed by atoms with Crippen molar-refractivity contribution in [2.24, 2.45) is 5.41 Å². The molecule has 1 fully saturated rings. The number of carbonyl (C=O) groups excluding carboxylic acids is 1. The van der Waals surface area contributed by atoms with Gasteiger partial charge in [-0.3, -0.25) is 9.32 Å². The molecule has 3 aromatic rings. The Balaban J connectivity index is 1.53. The number of benzene rings is 1. The number of aliphatic hydroxyl groups is 1. The lowest BCUT2D eigenvalue weighted by molar-refractivity contribution is -0.193.